The smallest absolute Gasteiger partial charge is 0.258 e. The highest BCUT2D eigenvalue weighted by molar-refractivity contribution is 6.08. The highest BCUT2D eigenvalue weighted by atomic mass is 16.5. The maximum atomic E-state index is 12.4. The third-order valence-electron chi connectivity index (χ3n) is 4.40. The van der Waals surface area contributed by atoms with Crippen LogP contribution in [0.1, 0.15) is 27.2 Å². The lowest BCUT2D eigenvalue weighted by molar-refractivity contribution is 0.103. The summed E-state index contributed by atoms with van der Waals surface area (Å²) in [7, 11) is 0. The van der Waals surface area contributed by atoms with Crippen molar-refractivity contribution in [3.63, 3.8) is 0 Å². The molecular formula is C23H18N2O3. The molecule has 0 aliphatic rings. The second-order valence-corrected chi connectivity index (χ2v) is 6.53. The topological polar surface area (TPSA) is 60.7 Å². The van der Waals surface area contributed by atoms with Gasteiger partial charge in [-0.05, 0) is 42.8 Å². The molecule has 0 unspecified atom stereocenters. The van der Waals surface area contributed by atoms with Gasteiger partial charge in [-0.1, -0.05) is 36.4 Å². The van der Waals surface area contributed by atoms with Crippen molar-refractivity contribution in [2.24, 2.45) is 0 Å². The van der Waals surface area contributed by atoms with Gasteiger partial charge in [0.05, 0.1) is 5.69 Å². The monoisotopic (exact) mass is 370 g/mol. The summed E-state index contributed by atoms with van der Waals surface area (Å²) in [4.78, 5) is 29.1. The third-order valence-corrected chi connectivity index (χ3v) is 4.40. The normalized spacial score (nSPS) is 10.8. The molecule has 4 rings (SSSR count). The van der Waals surface area contributed by atoms with Crippen LogP contribution in [0.15, 0.2) is 83.8 Å². The largest absolute Gasteiger partial charge is 0.487 e. The van der Waals surface area contributed by atoms with E-state index in [1.165, 1.54) is 10.5 Å². The Hall–Kier alpha value is -3.73. The van der Waals surface area contributed by atoms with Crippen LogP contribution in [0.5, 0.6) is 5.75 Å². The maximum absolute atomic E-state index is 12.4. The summed E-state index contributed by atoms with van der Waals surface area (Å²) in [5, 5.41) is 0. The average Bonchev–Trinajstić information content (AvgIpc) is 2.73. The minimum atomic E-state index is -0.142. The van der Waals surface area contributed by atoms with E-state index in [1.54, 1.807) is 42.6 Å². The number of hydrogen-bond donors (Lipinski definition) is 0. The van der Waals surface area contributed by atoms with Crippen LogP contribution in [-0.2, 0) is 6.61 Å². The van der Waals surface area contributed by atoms with E-state index in [4.69, 9.17) is 4.74 Å². The Labute approximate surface area is 161 Å². The summed E-state index contributed by atoms with van der Waals surface area (Å²) >= 11 is 0. The van der Waals surface area contributed by atoms with Gasteiger partial charge in [0.15, 0.2) is 5.78 Å². The first-order valence-corrected chi connectivity index (χ1v) is 8.92. The van der Waals surface area contributed by atoms with Crippen LogP contribution in [0.25, 0.3) is 5.65 Å². The molecule has 0 saturated carbocycles. The summed E-state index contributed by atoms with van der Waals surface area (Å²) in [5.41, 5.74) is 3.23. The molecule has 2 aromatic heterocycles. The molecule has 0 saturated heterocycles. The Kier molecular flexibility index (Phi) is 4.72. The van der Waals surface area contributed by atoms with Crippen LogP contribution >= 0.6 is 0 Å². The summed E-state index contributed by atoms with van der Waals surface area (Å²) in [5.74, 6) is 0.571. The van der Waals surface area contributed by atoms with Crippen molar-refractivity contribution in [1.82, 2.24) is 9.38 Å². The zero-order valence-electron chi connectivity index (χ0n) is 15.3. The van der Waals surface area contributed by atoms with Gasteiger partial charge in [0.1, 0.15) is 18.0 Å². The number of aromatic nitrogens is 2. The summed E-state index contributed by atoms with van der Waals surface area (Å²) in [6.07, 6.45) is 1.76. The molecule has 2 aromatic carbocycles. The van der Waals surface area contributed by atoms with Crippen molar-refractivity contribution < 1.29 is 9.53 Å². The van der Waals surface area contributed by atoms with Gasteiger partial charge in [-0.25, -0.2) is 4.98 Å². The third kappa shape index (κ3) is 3.69. The van der Waals surface area contributed by atoms with E-state index in [1.807, 2.05) is 37.3 Å². The van der Waals surface area contributed by atoms with E-state index >= 15 is 0 Å². The molecule has 5 nitrogen and oxygen atoms in total. The van der Waals surface area contributed by atoms with Gasteiger partial charge >= 0.3 is 0 Å². The quantitative estimate of drug-likeness (QED) is 0.501. The molecule has 0 spiro atoms. The molecule has 2 heterocycles. The summed E-state index contributed by atoms with van der Waals surface area (Å²) in [6, 6.07) is 21.3. The van der Waals surface area contributed by atoms with E-state index < -0.39 is 0 Å². The van der Waals surface area contributed by atoms with Crippen LogP contribution in [0.3, 0.4) is 0 Å². The Bertz CT molecular complexity index is 1200. The van der Waals surface area contributed by atoms with Crippen molar-refractivity contribution in [3.8, 4) is 5.75 Å². The minimum Gasteiger partial charge on any atom is -0.487 e. The minimum absolute atomic E-state index is 0.0355. The van der Waals surface area contributed by atoms with E-state index in [9.17, 15) is 9.59 Å². The first-order chi connectivity index (χ1) is 13.6. The molecule has 0 aliphatic heterocycles. The van der Waals surface area contributed by atoms with Crippen molar-refractivity contribution in [2.75, 3.05) is 0 Å². The van der Waals surface area contributed by atoms with E-state index in [-0.39, 0.29) is 17.9 Å². The number of aryl methyl sites for hydroxylation is 1. The van der Waals surface area contributed by atoms with Crippen molar-refractivity contribution >= 4 is 11.4 Å². The number of benzene rings is 2. The first-order valence-electron chi connectivity index (χ1n) is 8.92. The standard InChI is InChI=1S/C23H18N2O3/c1-16-7-12-21-24-19(13-22(26)25(21)14-16)15-28-20-10-8-18(9-11-20)23(27)17-5-3-2-4-6-17/h2-14H,15H2,1H3. The van der Waals surface area contributed by atoms with Gasteiger partial charge in [0, 0.05) is 23.4 Å². The fraction of sp³-hybridized carbons (Fsp3) is 0.0870. The van der Waals surface area contributed by atoms with Gasteiger partial charge in [0.2, 0.25) is 0 Å². The lowest BCUT2D eigenvalue weighted by atomic mass is 10.0. The molecule has 0 radical (unpaired) electrons. The molecule has 0 aliphatic carbocycles. The van der Waals surface area contributed by atoms with Crippen molar-refractivity contribution in [1.29, 1.82) is 0 Å². The first kappa shape index (κ1) is 17.7. The molecule has 0 amide bonds. The second kappa shape index (κ2) is 7.48. The van der Waals surface area contributed by atoms with Crippen molar-refractivity contribution in [2.45, 2.75) is 13.5 Å². The maximum Gasteiger partial charge on any atom is 0.258 e. The predicted molar refractivity (Wildman–Crippen MR) is 107 cm³/mol. The van der Waals surface area contributed by atoms with Gasteiger partial charge in [-0.2, -0.15) is 0 Å². The van der Waals surface area contributed by atoms with Crippen LogP contribution < -0.4 is 10.3 Å². The molecule has 0 bridgehead atoms. The highest BCUT2D eigenvalue weighted by Gasteiger charge is 2.09. The lowest BCUT2D eigenvalue weighted by Crippen LogP contribution is -2.16. The molecule has 5 heteroatoms. The molecule has 4 aromatic rings. The molecule has 0 N–H and O–H groups in total. The van der Waals surface area contributed by atoms with E-state index in [2.05, 4.69) is 4.98 Å². The number of carbonyl (C=O) groups is 1. The summed E-state index contributed by atoms with van der Waals surface area (Å²) < 4.78 is 7.25. The fourth-order valence-electron chi connectivity index (χ4n) is 2.95. The van der Waals surface area contributed by atoms with Crippen LogP contribution in [-0.4, -0.2) is 15.2 Å². The fourth-order valence-corrected chi connectivity index (χ4v) is 2.95. The number of fused-ring (bicyclic) bond motifs is 1. The Morgan fingerprint density at radius 1 is 0.964 bits per heavy atom. The lowest BCUT2D eigenvalue weighted by Gasteiger charge is -2.08. The van der Waals surface area contributed by atoms with E-state index in [0.29, 0.717) is 28.2 Å². The number of carbonyl (C=O) groups excluding carboxylic acids is 1. The highest BCUT2D eigenvalue weighted by Crippen LogP contribution is 2.16. The summed E-state index contributed by atoms with van der Waals surface area (Å²) in [6.45, 7) is 2.10. The number of pyridine rings is 1. The van der Waals surface area contributed by atoms with Gasteiger partial charge < -0.3 is 4.74 Å². The zero-order chi connectivity index (χ0) is 19.5. The molecular weight excluding hydrogens is 352 g/mol. The Balaban J connectivity index is 1.48. The van der Waals surface area contributed by atoms with Crippen LogP contribution in [0.2, 0.25) is 0 Å². The average molecular weight is 370 g/mol. The molecule has 0 fully saturated rings. The number of nitrogens with zero attached hydrogens (tertiary/aromatic N) is 2. The molecule has 28 heavy (non-hydrogen) atoms. The number of ketones is 1. The van der Waals surface area contributed by atoms with E-state index in [0.717, 1.165) is 5.56 Å². The number of rotatable bonds is 5. The molecule has 138 valence electrons. The number of hydrogen-bond acceptors (Lipinski definition) is 4. The zero-order valence-corrected chi connectivity index (χ0v) is 15.3. The molecule has 0 atom stereocenters. The van der Waals surface area contributed by atoms with Gasteiger partial charge in [-0.15, -0.1) is 0 Å². The van der Waals surface area contributed by atoms with Crippen LogP contribution in [0.4, 0.5) is 0 Å². The van der Waals surface area contributed by atoms with Crippen LogP contribution in [0, 0.1) is 6.92 Å². The number of ether oxygens (including phenoxy) is 1. The van der Waals surface area contributed by atoms with Crippen molar-refractivity contribution in [3.05, 3.63) is 112 Å². The Morgan fingerprint density at radius 3 is 2.43 bits per heavy atom. The second-order valence-electron chi connectivity index (χ2n) is 6.53. The predicted octanol–water partition coefficient (Wildman–Crippen LogP) is 3.81. The van der Waals surface area contributed by atoms with Gasteiger partial charge in [0.25, 0.3) is 5.56 Å². The Morgan fingerprint density at radius 2 is 1.68 bits per heavy atom. The SMILES string of the molecule is Cc1ccc2nc(COc3ccc(C(=O)c4ccccc4)cc3)cc(=O)n2c1. The van der Waals surface area contributed by atoms with Gasteiger partial charge in [-0.3, -0.25) is 14.0 Å².